The fourth-order valence-electron chi connectivity index (χ4n) is 2.18. The van der Waals surface area contributed by atoms with Gasteiger partial charge in [0, 0.05) is 16.7 Å². The van der Waals surface area contributed by atoms with E-state index in [2.05, 4.69) is 84.5 Å². The molecule has 1 N–H and O–H groups in total. The van der Waals surface area contributed by atoms with E-state index in [4.69, 9.17) is 0 Å². The molecule has 0 fully saturated rings. The first-order chi connectivity index (χ1) is 9.08. The van der Waals surface area contributed by atoms with Crippen LogP contribution in [0.25, 0.3) is 0 Å². The highest BCUT2D eigenvalue weighted by Gasteiger charge is 2.05. The van der Waals surface area contributed by atoms with Crippen LogP contribution in [0.15, 0.2) is 46.9 Å². The van der Waals surface area contributed by atoms with Crippen molar-refractivity contribution in [1.82, 2.24) is 0 Å². The van der Waals surface area contributed by atoms with Gasteiger partial charge in [-0.25, -0.2) is 0 Å². The van der Waals surface area contributed by atoms with Gasteiger partial charge in [0.15, 0.2) is 0 Å². The Labute approximate surface area is 124 Å². The smallest absolute Gasteiger partial charge is 0.0400 e. The van der Waals surface area contributed by atoms with Gasteiger partial charge < -0.3 is 5.32 Å². The predicted molar refractivity (Wildman–Crippen MR) is 86.7 cm³/mol. The molecule has 0 amide bonds. The Morgan fingerprint density at radius 3 is 2.53 bits per heavy atom. The Hall–Kier alpha value is -1.28. The van der Waals surface area contributed by atoms with Crippen molar-refractivity contribution >= 4 is 21.6 Å². The van der Waals surface area contributed by atoms with Crippen molar-refractivity contribution in [3.63, 3.8) is 0 Å². The van der Waals surface area contributed by atoms with E-state index in [1.165, 1.54) is 26.9 Å². The molecule has 0 aliphatic rings. The minimum Gasteiger partial charge on any atom is -0.381 e. The van der Waals surface area contributed by atoms with Crippen LogP contribution < -0.4 is 5.32 Å². The van der Waals surface area contributed by atoms with E-state index in [0.29, 0.717) is 5.92 Å². The lowest BCUT2D eigenvalue weighted by Crippen LogP contribution is -2.03. The molecule has 2 aromatic carbocycles. The van der Waals surface area contributed by atoms with E-state index in [0.717, 1.165) is 6.54 Å². The molecule has 2 aromatic rings. The molecule has 2 rings (SSSR count). The van der Waals surface area contributed by atoms with Crippen molar-refractivity contribution in [1.29, 1.82) is 0 Å². The number of nitrogens with one attached hydrogen (secondary N) is 1. The second kappa shape index (κ2) is 6.25. The van der Waals surface area contributed by atoms with Gasteiger partial charge in [-0.1, -0.05) is 60.1 Å². The van der Waals surface area contributed by atoms with Gasteiger partial charge in [-0.15, -0.1) is 0 Å². The monoisotopic (exact) mass is 317 g/mol. The summed E-state index contributed by atoms with van der Waals surface area (Å²) in [5.41, 5.74) is 5.19. The maximum absolute atomic E-state index is 3.54. The number of rotatable bonds is 4. The Kier molecular flexibility index (Phi) is 4.65. The molecule has 0 bridgehead atoms. The van der Waals surface area contributed by atoms with Crippen LogP contribution in [0.5, 0.6) is 0 Å². The summed E-state index contributed by atoms with van der Waals surface area (Å²) in [7, 11) is 0. The van der Waals surface area contributed by atoms with Gasteiger partial charge in [0.25, 0.3) is 0 Å². The van der Waals surface area contributed by atoms with Crippen LogP contribution in [-0.2, 0) is 6.54 Å². The van der Waals surface area contributed by atoms with Crippen LogP contribution in [0.3, 0.4) is 0 Å². The second-order valence-corrected chi connectivity index (χ2v) is 6.03. The third-order valence-corrected chi connectivity index (χ3v) is 4.18. The summed E-state index contributed by atoms with van der Waals surface area (Å²) >= 11 is 3.54. The van der Waals surface area contributed by atoms with E-state index < -0.39 is 0 Å². The van der Waals surface area contributed by atoms with E-state index in [1.807, 2.05) is 0 Å². The zero-order valence-corrected chi connectivity index (χ0v) is 13.3. The van der Waals surface area contributed by atoms with E-state index >= 15 is 0 Å². The SMILES string of the molecule is Cc1cc(CNc2ccccc2C(C)C)ccc1Br. The van der Waals surface area contributed by atoms with E-state index in [1.54, 1.807) is 0 Å². The third kappa shape index (κ3) is 3.60. The van der Waals surface area contributed by atoms with Gasteiger partial charge in [-0.3, -0.25) is 0 Å². The summed E-state index contributed by atoms with van der Waals surface area (Å²) in [5, 5.41) is 3.54. The van der Waals surface area contributed by atoms with Crippen molar-refractivity contribution < 1.29 is 0 Å². The molecular weight excluding hydrogens is 298 g/mol. The van der Waals surface area contributed by atoms with Gasteiger partial charge >= 0.3 is 0 Å². The molecule has 0 saturated heterocycles. The van der Waals surface area contributed by atoms with Crippen molar-refractivity contribution in [2.24, 2.45) is 0 Å². The Morgan fingerprint density at radius 2 is 1.84 bits per heavy atom. The number of aryl methyl sites for hydroxylation is 1. The summed E-state index contributed by atoms with van der Waals surface area (Å²) in [6.45, 7) is 7.43. The largest absolute Gasteiger partial charge is 0.381 e. The van der Waals surface area contributed by atoms with Crippen LogP contribution in [0.1, 0.15) is 36.5 Å². The molecule has 0 saturated carbocycles. The lowest BCUT2D eigenvalue weighted by molar-refractivity contribution is 0.865. The van der Waals surface area contributed by atoms with Crippen molar-refractivity contribution in [2.45, 2.75) is 33.2 Å². The highest BCUT2D eigenvalue weighted by Crippen LogP contribution is 2.24. The molecule has 0 aliphatic carbocycles. The van der Waals surface area contributed by atoms with Crippen LogP contribution in [0.4, 0.5) is 5.69 Å². The lowest BCUT2D eigenvalue weighted by Gasteiger charge is -2.15. The highest BCUT2D eigenvalue weighted by atomic mass is 79.9. The Balaban J connectivity index is 2.12. The van der Waals surface area contributed by atoms with Gasteiger partial charge in [-0.2, -0.15) is 0 Å². The average Bonchev–Trinajstić information content (AvgIpc) is 2.40. The molecule has 1 nitrogen and oxygen atoms in total. The number of halogens is 1. The zero-order chi connectivity index (χ0) is 13.8. The normalized spacial score (nSPS) is 10.8. The number of para-hydroxylation sites is 1. The minimum absolute atomic E-state index is 0.537. The van der Waals surface area contributed by atoms with Gasteiger partial charge in [0.05, 0.1) is 0 Å². The number of anilines is 1. The summed E-state index contributed by atoms with van der Waals surface area (Å²) in [6.07, 6.45) is 0. The first kappa shape index (κ1) is 14.1. The highest BCUT2D eigenvalue weighted by molar-refractivity contribution is 9.10. The second-order valence-electron chi connectivity index (χ2n) is 5.18. The zero-order valence-electron chi connectivity index (χ0n) is 11.7. The maximum atomic E-state index is 3.54. The molecule has 0 radical (unpaired) electrons. The maximum Gasteiger partial charge on any atom is 0.0400 e. The van der Waals surface area contributed by atoms with E-state index in [9.17, 15) is 0 Å². The molecular formula is C17H20BrN. The average molecular weight is 318 g/mol. The molecule has 0 unspecified atom stereocenters. The third-order valence-electron chi connectivity index (χ3n) is 3.29. The molecule has 0 atom stereocenters. The number of hydrogen-bond acceptors (Lipinski definition) is 1. The first-order valence-electron chi connectivity index (χ1n) is 6.65. The predicted octanol–water partition coefficient (Wildman–Crippen LogP) is 5.49. The molecule has 0 aliphatic heterocycles. The van der Waals surface area contributed by atoms with Gasteiger partial charge in [-0.05, 0) is 41.7 Å². The number of benzene rings is 2. The van der Waals surface area contributed by atoms with Crippen LogP contribution >= 0.6 is 15.9 Å². The molecule has 0 aromatic heterocycles. The van der Waals surface area contributed by atoms with Crippen LogP contribution in [0.2, 0.25) is 0 Å². The Morgan fingerprint density at radius 1 is 1.11 bits per heavy atom. The van der Waals surface area contributed by atoms with Crippen LogP contribution in [0, 0.1) is 6.92 Å². The molecule has 2 heteroatoms. The summed E-state index contributed by atoms with van der Waals surface area (Å²) in [5.74, 6) is 0.537. The standard InChI is InChI=1S/C17H20BrN/c1-12(2)15-6-4-5-7-17(15)19-11-14-8-9-16(18)13(3)10-14/h4-10,12,19H,11H2,1-3H3. The van der Waals surface area contributed by atoms with Crippen molar-refractivity contribution in [3.8, 4) is 0 Å². The molecule has 0 spiro atoms. The molecule has 0 heterocycles. The lowest BCUT2D eigenvalue weighted by atomic mass is 10.0. The topological polar surface area (TPSA) is 12.0 Å². The van der Waals surface area contributed by atoms with Crippen LogP contribution in [-0.4, -0.2) is 0 Å². The summed E-state index contributed by atoms with van der Waals surface area (Å²) in [6, 6.07) is 15.0. The van der Waals surface area contributed by atoms with Gasteiger partial charge in [0.2, 0.25) is 0 Å². The fraction of sp³-hybridized carbons (Fsp3) is 0.294. The Bertz CT molecular complexity index is 561. The molecule has 19 heavy (non-hydrogen) atoms. The van der Waals surface area contributed by atoms with Crippen molar-refractivity contribution in [2.75, 3.05) is 5.32 Å². The summed E-state index contributed by atoms with van der Waals surface area (Å²) < 4.78 is 1.17. The van der Waals surface area contributed by atoms with Gasteiger partial charge in [0.1, 0.15) is 0 Å². The van der Waals surface area contributed by atoms with Crippen molar-refractivity contribution in [3.05, 3.63) is 63.6 Å². The van der Waals surface area contributed by atoms with E-state index in [-0.39, 0.29) is 0 Å². The quantitative estimate of drug-likeness (QED) is 0.785. The fourth-order valence-corrected chi connectivity index (χ4v) is 2.42. The minimum atomic E-state index is 0.537. The summed E-state index contributed by atoms with van der Waals surface area (Å²) in [4.78, 5) is 0. The number of hydrogen-bond donors (Lipinski definition) is 1. The molecule has 100 valence electrons. The first-order valence-corrected chi connectivity index (χ1v) is 7.45.